The van der Waals surface area contributed by atoms with Crippen molar-refractivity contribution in [1.82, 2.24) is 0 Å². The van der Waals surface area contributed by atoms with Crippen molar-refractivity contribution < 1.29 is 22.7 Å². The number of carbonyl (C=O) groups excluding carboxylic acids is 1. The van der Waals surface area contributed by atoms with Crippen LogP contribution in [0.5, 0.6) is 0 Å². The predicted molar refractivity (Wildman–Crippen MR) is 56.9 cm³/mol. The Morgan fingerprint density at radius 2 is 1.65 bits per heavy atom. The molecule has 7 heteroatoms. The average Bonchev–Trinajstić information content (AvgIpc) is 2.21. The zero-order valence-corrected chi connectivity index (χ0v) is 9.63. The molecule has 4 N–H and O–H groups in total. The molecule has 0 saturated heterocycles. The average molecular weight is 256 g/mol. The van der Waals surface area contributed by atoms with E-state index in [9.17, 15) is 18.0 Å². The van der Waals surface area contributed by atoms with Gasteiger partial charge >= 0.3 is 12.1 Å². The molecule has 1 atom stereocenters. The van der Waals surface area contributed by atoms with Crippen molar-refractivity contribution in [3.05, 3.63) is 0 Å². The first-order valence-corrected chi connectivity index (χ1v) is 5.61. The lowest BCUT2D eigenvalue weighted by molar-refractivity contribution is -0.204. The maximum absolute atomic E-state index is 11.8. The fourth-order valence-corrected chi connectivity index (χ4v) is 1.28. The number of ether oxygens (including phenoxy) is 1. The summed E-state index contributed by atoms with van der Waals surface area (Å²) < 4.78 is 39.4. The van der Waals surface area contributed by atoms with Gasteiger partial charge in [0, 0.05) is 0 Å². The Balaban J connectivity index is 3.53. The zero-order valence-electron chi connectivity index (χ0n) is 9.63. The quantitative estimate of drug-likeness (QED) is 0.393. The summed E-state index contributed by atoms with van der Waals surface area (Å²) >= 11 is 0. The van der Waals surface area contributed by atoms with E-state index in [-0.39, 0.29) is 6.42 Å². The molecule has 0 radical (unpaired) electrons. The summed E-state index contributed by atoms with van der Waals surface area (Å²) in [6.07, 6.45) is -1.55. The first kappa shape index (κ1) is 16.2. The highest BCUT2D eigenvalue weighted by molar-refractivity contribution is 5.75. The van der Waals surface area contributed by atoms with E-state index in [4.69, 9.17) is 11.5 Å². The summed E-state index contributed by atoms with van der Waals surface area (Å²) in [5, 5.41) is 0. The van der Waals surface area contributed by atoms with Gasteiger partial charge in [-0.3, -0.25) is 5.73 Å². The Hall–Kier alpha value is -0.820. The number of esters is 1. The number of halogens is 3. The Morgan fingerprint density at radius 1 is 1.12 bits per heavy atom. The van der Waals surface area contributed by atoms with Gasteiger partial charge in [0.25, 0.3) is 0 Å². The fourth-order valence-electron chi connectivity index (χ4n) is 1.28. The van der Waals surface area contributed by atoms with Gasteiger partial charge in [-0.2, -0.15) is 13.2 Å². The maximum atomic E-state index is 11.8. The van der Waals surface area contributed by atoms with Crippen LogP contribution in [0.1, 0.15) is 38.5 Å². The summed E-state index contributed by atoms with van der Waals surface area (Å²) in [5.41, 5.74) is 10.6. The van der Waals surface area contributed by atoms with E-state index < -0.39 is 18.4 Å². The predicted octanol–water partition coefficient (Wildman–Crippen LogP) is 1.68. The van der Waals surface area contributed by atoms with Crippen molar-refractivity contribution >= 4 is 5.97 Å². The van der Waals surface area contributed by atoms with E-state index in [0.717, 1.165) is 25.7 Å². The number of nitrogens with two attached hydrogens (primary N) is 2. The second-order valence-corrected chi connectivity index (χ2v) is 3.79. The molecule has 0 aliphatic rings. The first-order chi connectivity index (χ1) is 7.88. The minimum Gasteiger partial charge on any atom is -0.440 e. The van der Waals surface area contributed by atoms with Gasteiger partial charge in [0.2, 0.25) is 0 Å². The number of carbonyl (C=O) groups is 1. The minimum atomic E-state index is -4.97. The van der Waals surface area contributed by atoms with Crippen LogP contribution in [-0.4, -0.2) is 24.9 Å². The van der Waals surface area contributed by atoms with Crippen LogP contribution in [0.3, 0.4) is 0 Å². The number of alkyl halides is 3. The summed E-state index contributed by atoms with van der Waals surface area (Å²) in [7, 11) is 0. The van der Waals surface area contributed by atoms with Crippen LogP contribution >= 0.6 is 0 Å². The molecule has 0 aromatic heterocycles. The van der Waals surface area contributed by atoms with Gasteiger partial charge in [0.1, 0.15) is 0 Å². The largest absolute Gasteiger partial charge is 0.490 e. The summed E-state index contributed by atoms with van der Waals surface area (Å²) in [6.45, 7) is 0.642. The second-order valence-electron chi connectivity index (χ2n) is 3.79. The highest BCUT2D eigenvalue weighted by Gasteiger charge is 2.41. The topological polar surface area (TPSA) is 78.3 Å². The molecule has 0 saturated carbocycles. The molecule has 0 aromatic rings. The summed E-state index contributed by atoms with van der Waals surface area (Å²) in [5.74, 6) is -2.23. The van der Waals surface area contributed by atoms with Crippen molar-refractivity contribution in [2.24, 2.45) is 11.5 Å². The SMILES string of the molecule is NCCCCCCCC(N)OC(=O)C(F)(F)F. The monoisotopic (exact) mass is 256 g/mol. The highest BCUT2D eigenvalue weighted by Crippen LogP contribution is 2.17. The van der Waals surface area contributed by atoms with E-state index in [1.807, 2.05) is 0 Å². The molecule has 0 heterocycles. The highest BCUT2D eigenvalue weighted by atomic mass is 19.4. The van der Waals surface area contributed by atoms with Crippen molar-refractivity contribution in [2.45, 2.75) is 50.9 Å². The molecule has 0 aliphatic heterocycles. The minimum absolute atomic E-state index is 0.241. The van der Waals surface area contributed by atoms with Crippen molar-refractivity contribution in [3.8, 4) is 0 Å². The molecule has 0 bridgehead atoms. The van der Waals surface area contributed by atoms with Crippen LogP contribution in [0, 0.1) is 0 Å². The van der Waals surface area contributed by atoms with Gasteiger partial charge < -0.3 is 10.5 Å². The normalized spacial score (nSPS) is 13.5. The molecule has 0 aromatic carbocycles. The van der Waals surface area contributed by atoms with Crippen molar-refractivity contribution in [3.63, 3.8) is 0 Å². The molecule has 0 rings (SSSR count). The Kier molecular flexibility index (Phi) is 7.90. The Labute approximate surface area is 98.5 Å². The van der Waals surface area contributed by atoms with Crippen molar-refractivity contribution in [1.29, 1.82) is 0 Å². The van der Waals surface area contributed by atoms with E-state index in [1.165, 1.54) is 0 Å². The summed E-state index contributed by atoms with van der Waals surface area (Å²) in [4.78, 5) is 10.4. The van der Waals surface area contributed by atoms with Crippen LogP contribution in [0.4, 0.5) is 13.2 Å². The lowest BCUT2D eigenvalue weighted by atomic mass is 10.1. The van der Waals surface area contributed by atoms with Crippen molar-refractivity contribution in [2.75, 3.05) is 6.54 Å². The molecule has 0 amide bonds. The van der Waals surface area contributed by atoms with Crippen LogP contribution in [-0.2, 0) is 9.53 Å². The molecular formula is C10H19F3N2O2. The molecule has 0 aliphatic carbocycles. The number of hydrogen-bond donors (Lipinski definition) is 2. The lowest BCUT2D eigenvalue weighted by Gasteiger charge is -2.14. The number of unbranched alkanes of at least 4 members (excludes halogenated alkanes) is 4. The molecule has 4 nitrogen and oxygen atoms in total. The standard InChI is InChI=1S/C10H19F3N2O2/c11-10(12,13)9(16)17-8(15)6-4-2-1-3-5-7-14/h8H,1-7,14-15H2. The molecule has 102 valence electrons. The molecular weight excluding hydrogens is 237 g/mol. The van der Waals surface area contributed by atoms with Gasteiger partial charge in [-0.15, -0.1) is 0 Å². The fraction of sp³-hybridized carbons (Fsp3) is 0.900. The molecule has 1 unspecified atom stereocenters. The Bertz CT molecular complexity index is 222. The van der Waals surface area contributed by atoms with Gasteiger partial charge in [-0.1, -0.05) is 19.3 Å². The van der Waals surface area contributed by atoms with Gasteiger partial charge in [0.15, 0.2) is 6.23 Å². The van der Waals surface area contributed by atoms with Gasteiger partial charge in [-0.25, -0.2) is 4.79 Å². The molecule has 0 fully saturated rings. The smallest absolute Gasteiger partial charge is 0.440 e. The molecule has 0 spiro atoms. The molecule has 17 heavy (non-hydrogen) atoms. The first-order valence-electron chi connectivity index (χ1n) is 5.61. The summed E-state index contributed by atoms with van der Waals surface area (Å²) in [6, 6.07) is 0. The maximum Gasteiger partial charge on any atom is 0.490 e. The Morgan fingerprint density at radius 3 is 2.18 bits per heavy atom. The number of rotatable bonds is 8. The number of hydrogen-bond acceptors (Lipinski definition) is 4. The van der Waals surface area contributed by atoms with Gasteiger partial charge in [0.05, 0.1) is 0 Å². The van der Waals surface area contributed by atoms with E-state index in [2.05, 4.69) is 4.74 Å². The van der Waals surface area contributed by atoms with E-state index >= 15 is 0 Å². The van der Waals surface area contributed by atoms with Crippen LogP contribution < -0.4 is 11.5 Å². The third kappa shape index (κ3) is 8.93. The third-order valence-electron chi connectivity index (χ3n) is 2.18. The van der Waals surface area contributed by atoms with Crippen LogP contribution in [0.15, 0.2) is 0 Å². The second kappa shape index (κ2) is 8.30. The lowest BCUT2D eigenvalue weighted by Crippen LogP contribution is -2.34. The van der Waals surface area contributed by atoms with E-state index in [0.29, 0.717) is 13.0 Å². The third-order valence-corrected chi connectivity index (χ3v) is 2.18. The van der Waals surface area contributed by atoms with Crippen LogP contribution in [0.25, 0.3) is 0 Å². The zero-order chi connectivity index (χ0) is 13.3. The van der Waals surface area contributed by atoms with Gasteiger partial charge in [-0.05, 0) is 25.8 Å². The van der Waals surface area contributed by atoms with Crippen LogP contribution in [0.2, 0.25) is 0 Å². The van der Waals surface area contributed by atoms with E-state index in [1.54, 1.807) is 0 Å².